The Hall–Kier alpha value is -1.92. The summed E-state index contributed by atoms with van der Waals surface area (Å²) in [6.07, 6.45) is 1.35. The number of benzene rings is 1. The molecule has 1 fully saturated rings. The van der Waals surface area contributed by atoms with Crippen LogP contribution >= 0.6 is 0 Å². The fourth-order valence-electron chi connectivity index (χ4n) is 3.39. The Balaban J connectivity index is 1.70. The molecule has 6 nitrogen and oxygen atoms in total. The maximum Gasteiger partial charge on any atom is 0.224 e. The van der Waals surface area contributed by atoms with Crippen molar-refractivity contribution < 1.29 is 9.59 Å². The molecular weight excluding hydrogens is 340 g/mol. The van der Waals surface area contributed by atoms with Crippen molar-refractivity contribution in [1.82, 2.24) is 19.6 Å². The van der Waals surface area contributed by atoms with Crippen LogP contribution in [-0.2, 0) is 16.1 Å². The zero-order valence-corrected chi connectivity index (χ0v) is 17.1. The SMILES string of the molecule is CC(=O)N(CCCN(C)C)CCC(=O)N1CCN(Cc2ccccc2)CC1. The average Bonchev–Trinajstić information content (AvgIpc) is 2.65. The highest BCUT2D eigenvalue weighted by molar-refractivity contribution is 5.78. The zero-order valence-electron chi connectivity index (χ0n) is 17.1. The molecule has 6 heteroatoms. The van der Waals surface area contributed by atoms with Crippen molar-refractivity contribution in [3.05, 3.63) is 35.9 Å². The van der Waals surface area contributed by atoms with Crippen LogP contribution in [0.15, 0.2) is 30.3 Å². The fraction of sp³-hybridized carbons (Fsp3) is 0.619. The van der Waals surface area contributed by atoms with E-state index in [1.165, 1.54) is 5.56 Å². The lowest BCUT2D eigenvalue weighted by Gasteiger charge is -2.35. The first-order chi connectivity index (χ1) is 13.0. The Morgan fingerprint density at radius 3 is 2.22 bits per heavy atom. The maximum atomic E-state index is 12.5. The smallest absolute Gasteiger partial charge is 0.224 e. The second-order valence-corrected chi connectivity index (χ2v) is 7.56. The number of carbonyl (C=O) groups is 2. The van der Waals surface area contributed by atoms with Gasteiger partial charge in [0, 0.05) is 59.2 Å². The van der Waals surface area contributed by atoms with Crippen LogP contribution in [-0.4, -0.2) is 91.3 Å². The van der Waals surface area contributed by atoms with Crippen molar-refractivity contribution >= 4 is 11.8 Å². The van der Waals surface area contributed by atoms with Gasteiger partial charge in [-0.2, -0.15) is 0 Å². The van der Waals surface area contributed by atoms with E-state index in [9.17, 15) is 9.59 Å². The van der Waals surface area contributed by atoms with Crippen LogP contribution in [0.1, 0.15) is 25.3 Å². The third-order valence-electron chi connectivity index (χ3n) is 5.05. The van der Waals surface area contributed by atoms with Gasteiger partial charge in [-0.05, 0) is 32.6 Å². The van der Waals surface area contributed by atoms with Crippen LogP contribution in [0.4, 0.5) is 0 Å². The minimum absolute atomic E-state index is 0.0502. The molecule has 2 rings (SSSR count). The van der Waals surface area contributed by atoms with E-state index in [4.69, 9.17) is 0 Å². The monoisotopic (exact) mass is 374 g/mol. The van der Waals surface area contributed by atoms with Gasteiger partial charge < -0.3 is 14.7 Å². The largest absolute Gasteiger partial charge is 0.342 e. The number of amides is 2. The molecule has 0 aliphatic carbocycles. The summed E-state index contributed by atoms with van der Waals surface area (Å²) in [6, 6.07) is 10.4. The predicted molar refractivity (Wildman–Crippen MR) is 108 cm³/mol. The number of piperazine rings is 1. The van der Waals surface area contributed by atoms with Gasteiger partial charge >= 0.3 is 0 Å². The van der Waals surface area contributed by atoms with Gasteiger partial charge in [-0.3, -0.25) is 14.5 Å². The lowest BCUT2D eigenvalue weighted by atomic mass is 10.2. The molecule has 1 saturated heterocycles. The standard InChI is InChI=1S/C21H34N4O2/c1-19(26)24(12-7-11-22(2)3)13-10-21(27)25-16-14-23(15-17-25)18-20-8-5-4-6-9-20/h4-6,8-9H,7,10-18H2,1-3H3. The Kier molecular flexibility index (Phi) is 8.75. The average molecular weight is 375 g/mol. The van der Waals surface area contributed by atoms with Gasteiger partial charge in [0.2, 0.25) is 11.8 Å². The zero-order chi connectivity index (χ0) is 19.6. The summed E-state index contributed by atoms with van der Waals surface area (Å²) in [4.78, 5) is 32.6. The van der Waals surface area contributed by atoms with Crippen molar-refractivity contribution in [2.45, 2.75) is 26.3 Å². The molecule has 0 aromatic heterocycles. The molecule has 1 aromatic carbocycles. The molecule has 0 N–H and O–H groups in total. The molecule has 0 atom stereocenters. The van der Waals surface area contributed by atoms with Crippen LogP contribution in [0.2, 0.25) is 0 Å². The second kappa shape index (κ2) is 11.0. The Morgan fingerprint density at radius 2 is 1.63 bits per heavy atom. The van der Waals surface area contributed by atoms with E-state index in [0.29, 0.717) is 19.5 Å². The summed E-state index contributed by atoms with van der Waals surface area (Å²) in [7, 11) is 4.05. The Bertz CT molecular complexity index is 583. The predicted octanol–water partition coefficient (Wildman–Crippen LogP) is 1.52. The van der Waals surface area contributed by atoms with Crippen molar-refractivity contribution in [1.29, 1.82) is 0 Å². The van der Waals surface area contributed by atoms with Crippen LogP contribution in [0, 0.1) is 0 Å². The summed E-state index contributed by atoms with van der Waals surface area (Å²) in [5.41, 5.74) is 1.31. The van der Waals surface area contributed by atoms with Crippen LogP contribution < -0.4 is 0 Å². The lowest BCUT2D eigenvalue weighted by molar-refractivity contribution is -0.134. The Morgan fingerprint density at radius 1 is 0.963 bits per heavy atom. The molecule has 0 saturated carbocycles. The van der Waals surface area contributed by atoms with E-state index in [1.54, 1.807) is 11.8 Å². The summed E-state index contributed by atoms with van der Waals surface area (Å²) in [6.45, 7) is 8.05. The molecule has 2 amide bonds. The molecule has 1 aliphatic rings. The molecular formula is C21H34N4O2. The quantitative estimate of drug-likeness (QED) is 0.658. The van der Waals surface area contributed by atoms with Crippen molar-refractivity contribution in [2.75, 3.05) is 59.9 Å². The van der Waals surface area contributed by atoms with Crippen LogP contribution in [0.25, 0.3) is 0 Å². The lowest BCUT2D eigenvalue weighted by Crippen LogP contribution is -2.49. The van der Waals surface area contributed by atoms with Gasteiger partial charge in [0.15, 0.2) is 0 Å². The third kappa shape index (κ3) is 7.69. The number of carbonyl (C=O) groups excluding carboxylic acids is 2. The number of hydrogen-bond donors (Lipinski definition) is 0. The Labute approximate surface area is 163 Å². The van der Waals surface area contributed by atoms with Crippen molar-refractivity contribution in [2.24, 2.45) is 0 Å². The van der Waals surface area contributed by atoms with Gasteiger partial charge in [-0.15, -0.1) is 0 Å². The van der Waals surface area contributed by atoms with Crippen molar-refractivity contribution in [3.63, 3.8) is 0 Å². The minimum Gasteiger partial charge on any atom is -0.342 e. The first-order valence-electron chi connectivity index (χ1n) is 9.90. The first-order valence-corrected chi connectivity index (χ1v) is 9.90. The van der Waals surface area contributed by atoms with E-state index in [-0.39, 0.29) is 11.8 Å². The topological polar surface area (TPSA) is 47.1 Å². The molecule has 0 unspecified atom stereocenters. The molecule has 1 heterocycles. The number of hydrogen-bond acceptors (Lipinski definition) is 4. The molecule has 0 bridgehead atoms. The van der Waals surface area contributed by atoms with Gasteiger partial charge in [-0.25, -0.2) is 0 Å². The van der Waals surface area contributed by atoms with Gasteiger partial charge in [0.05, 0.1) is 0 Å². The van der Waals surface area contributed by atoms with Gasteiger partial charge in [0.25, 0.3) is 0 Å². The number of nitrogens with zero attached hydrogens (tertiary/aromatic N) is 4. The van der Waals surface area contributed by atoms with E-state index < -0.39 is 0 Å². The highest BCUT2D eigenvalue weighted by Crippen LogP contribution is 2.09. The van der Waals surface area contributed by atoms with Crippen LogP contribution in [0.5, 0.6) is 0 Å². The van der Waals surface area contributed by atoms with Gasteiger partial charge in [0.1, 0.15) is 0 Å². The number of rotatable bonds is 9. The first kappa shape index (κ1) is 21.4. The minimum atomic E-state index is 0.0502. The highest BCUT2D eigenvalue weighted by atomic mass is 16.2. The fourth-order valence-corrected chi connectivity index (χ4v) is 3.39. The highest BCUT2D eigenvalue weighted by Gasteiger charge is 2.21. The summed E-state index contributed by atoms with van der Waals surface area (Å²) in [5, 5.41) is 0. The maximum absolute atomic E-state index is 12.5. The molecule has 0 spiro atoms. The van der Waals surface area contributed by atoms with E-state index in [2.05, 4.69) is 34.1 Å². The third-order valence-corrected chi connectivity index (χ3v) is 5.05. The van der Waals surface area contributed by atoms with Crippen LogP contribution in [0.3, 0.4) is 0 Å². The molecule has 0 radical (unpaired) electrons. The summed E-state index contributed by atoms with van der Waals surface area (Å²) < 4.78 is 0. The van der Waals surface area contributed by atoms with E-state index in [0.717, 1.165) is 45.7 Å². The summed E-state index contributed by atoms with van der Waals surface area (Å²) >= 11 is 0. The van der Waals surface area contributed by atoms with Gasteiger partial charge in [-0.1, -0.05) is 30.3 Å². The summed E-state index contributed by atoms with van der Waals surface area (Å²) in [5.74, 6) is 0.211. The van der Waals surface area contributed by atoms with Crippen molar-refractivity contribution in [3.8, 4) is 0 Å². The normalized spacial score (nSPS) is 15.2. The van der Waals surface area contributed by atoms with E-state index >= 15 is 0 Å². The van der Waals surface area contributed by atoms with E-state index in [1.807, 2.05) is 25.1 Å². The molecule has 27 heavy (non-hydrogen) atoms. The second-order valence-electron chi connectivity index (χ2n) is 7.56. The molecule has 150 valence electrons. The molecule has 1 aliphatic heterocycles. The molecule has 1 aromatic rings.